The van der Waals surface area contributed by atoms with Gasteiger partial charge in [-0.15, -0.1) is 0 Å². The fourth-order valence-electron chi connectivity index (χ4n) is 2.54. The van der Waals surface area contributed by atoms with E-state index in [0.717, 1.165) is 12.8 Å². The van der Waals surface area contributed by atoms with Crippen molar-refractivity contribution in [3.8, 4) is 5.75 Å². The number of hydrogen-bond donors (Lipinski definition) is 1. The van der Waals surface area contributed by atoms with Crippen LogP contribution in [-0.4, -0.2) is 17.7 Å². The molecule has 0 spiro atoms. The van der Waals surface area contributed by atoms with Crippen molar-refractivity contribution >= 4 is 5.97 Å². The minimum Gasteiger partial charge on any atom is -0.545 e. The Labute approximate surface area is 167 Å². The van der Waals surface area contributed by atoms with E-state index >= 15 is 0 Å². The van der Waals surface area contributed by atoms with Gasteiger partial charge in [0.15, 0.2) is 0 Å². The number of carbonyl (C=O) groups excluding carboxylic acids is 1. The molecule has 24 heavy (non-hydrogen) atoms. The van der Waals surface area contributed by atoms with Crippen LogP contribution in [0.3, 0.4) is 0 Å². The van der Waals surface area contributed by atoms with Gasteiger partial charge in [-0.05, 0) is 12.5 Å². The van der Waals surface area contributed by atoms with Gasteiger partial charge in [0, 0.05) is 11.1 Å². The number of unbranched alkanes of at least 4 members (excludes halogenated alkanes) is 8. The summed E-state index contributed by atoms with van der Waals surface area (Å²) in [4.78, 5) is 10.9. The Morgan fingerprint density at radius 2 is 1.62 bits per heavy atom. The number of carboxylic acid groups (broad SMARTS) is 1. The van der Waals surface area contributed by atoms with Gasteiger partial charge in [-0.3, -0.25) is 0 Å². The molecule has 1 aromatic rings. The molecule has 0 amide bonds. The first kappa shape index (κ1) is 23.4. The second-order valence-electron chi connectivity index (χ2n) is 5.94. The number of rotatable bonds is 13. The maximum Gasteiger partial charge on any atom is 1.00 e. The van der Waals surface area contributed by atoms with Crippen LogP contribution < -0.4 is 39.4 Å². The van der Waals surface area contributed by atoms with Gasteiger partial charge in [-0.25, -0.2) is 0 Å². The van der Waals surface area contributed by atoms with Crippen molar-refractivity contribution in [3.63, 3.8) is 0 Å². The molecule has 0 aliphatic carbocycles. The fourth-order valence-corrected chi connectivity index (χ4v) is 2.54. The zero-order valence-electron chi connectivity index (χ0n) is 15.2. The molecule has 0 atom stereocenters. The number of carboxylic acids is 1. The third kappa shape index (κ3) is 9.67. The van der Waals surface area contributed by atoms with Crippen molar-refractivity contribution in [1.29, 1.82) is 0 Å². The summed E-state index contributed by atoms with van der Waals surface area (Å²) in [7, 11) is 0. The van der Waals surface area contributed by atoms with E-state index in [2.05, 4.69) is 6.92 Å². The first-order valence-electron chi connectivity index (χ1n) is 8.77. The average molecular weight is 344 g/mol. The van der Waals surface area contributed by atoms with Crippen LogP contribution in [0.25, 0.3) is 0 Å². The molecule has 0 unspecified atom stereocenters. The van der Waals surface area contributed by atoms with Gasteiger partial charge in [0.1, 0.15) is 5.75 Å². The van der Waals surface area contributed by atoms with Crippen LogP contribution >= 0.6 is 0 Å². The van der Waals surface area contributed by atoms with Crippen LogP contribution in [0.1, 0.15) is 80.6 Å². The van der Waals surface area contributed by atoms with Crippen LogP contribution in [0.2, 0.25) is 0 Å². The molecule has 0 bridgehead atoms. The Kier molecular flexibility index (Phi) is 14.4. The summed E-state index contributed by atoms with van der Waals surface area (Å²) < 4.78 is 5.63. The van der Waals surface area contributed by atoms with Gasteiger partial charge in [0.2, 0.25) is 0 Å². The second-order valence-corrected chi connectivity index (χ2v) is 5.94. The second kappa shape index (κ2) is 14.8. The third-order valence-corrected chi connectivity index (χ3v) is 3.98. The van der Waals surface area contributed by atoms with Gasteiger partial charge in [-0.1, -0.05) is 70.4 Å². The van der Waals surface area contributed by atoms with E-state index in [4.69, 9.17) is 4.74 Å². The quantitative estimate of drug-likeness (QED) is 0.417. The maximum atomic E-state index is 10.9. The molecular weight excluding hydrogens is 315 g/mol. The number of hydrogen-bond acceptors (Lipinski definition) is 4. The molecule has 0 aliphatic rings. The average Bonchev–Trinajstić information content (AvgIpc) is 2.56. The van der Waals surface area contributed by atoms with E-state index in [1.807, 2.05) is 0 Å². The van der Waals surface area contributed by atoms with Crippen LogP contribution in [0, 0.1) is 0 Å². The van der Waals surface area contributed by atoms with Crippen molar-refractivity contribution in [2.75, 3.05) is 6.61 Å². The van der Waals surface area contributed by atoms with Gasteiger partial charge >= 0.3 is 29.6 Å². The van der Waals surface area contributed by atoms with Gasteiger partial charge in [0.25, 0.3) is 0 Å². The molecule has 0 radical (unpaired) electrons. The third-order valence-electron chi connectivity index (χ3n) is 3.98. The predicted octanol–water partition coefficient (Wildman–Crippen LogP) is 0.456. The molecular formula is C19H29NaO4. The van der Waals surface area contributed by atoms with Crippen molar-refractivity contribution in [2.24, 2.45) is 0 Å². The molecule has 0 aliphatic heterocycles. The van der Waals surface area contributed by atoms with E-state index in [1.165, 1.54) is 57.1 Å². The zero-order chi connectivity index (χ0) is 16.9. The van der Waals surface area contributed by atoms with Crippen LogP contribution in [-0.2, 0) is 6.61 Å². The fraction of sp³-hybridized carbons (Fsp3) is 0.632. The van der Waals surface area contributed by atoms with E-state index < -0.39 is 5.97 Å². The van der Waals surface area contributed by atoms with Crippen molar-refractivity contribution in [3.05, 3.63) is 29.3 Å². The SMILES string of the molecule is CCCCCCCCCCCOc1cc(C(=O)[O-])ccc1CO.[Na+]. The number of aliphatic hydroxyl groups excluding tert-OH is 1. The minimum atomic E-state index is -1.23. The summed E-state index contributed by atoms with van der Waals surface area (Å²) in [5, 5.41) is 20.1. The first-order chi connectivity index (χ1) is 11.2. The van der Waals surface area contributed by atoms with E-state index in [1.54, 1.807) is 6.07 Å². The predicted molar refractivity (Wildman–Crippen MR) is 89.4 cm³/mol. The Morgan fingerprint density at radius 1 is 1.04 bits per heavy atom. The van der Waals surface area contributed by atoms with E-state index in [9.17, 15) is 15.0 Å². The molecule has 1 N–H and O–H groups in total. The van der Waals surface area contributed by atoms with Crippen molar-refractivity contribution in [2.45, 2.75) is 71.3 Å². The normalized spacial score (nSPS) is 10.2. The summed E-state index contributed by atoms with van der Waals surface area (Å²) in [6.45, 7) is 2.60. The number of ether oxygens (including phenoxy) is 1. The summed E-state index contributed by atoms with van der Waals surface area (Å²) in [5.74, 6) is -0.795. The molecule has 0 aromatic heterocycles. The summed E-state index contributed by atoms with van der Waals surface area (Å²) in [6.07, 6.45) is 11.1. The minimum absolute atomic E-state index is 0. The number of carbonyl (C=O) groups is 1. The standard InChI is InChI=1S/C19H30O4.Na/c1-2-3-4-5-6-7-8-9-10-13-23-18-14-16(19(21)22)11-12-17(18)15-20;/h11-12,14,20H,2-10,13,15H2,1H3,(H,21,22);/q;+1/p-1. The molecule has 4 nitrogen and oxygen atoms in total. The van der Waals surface area contributed by atoms with E-state index in [0.29, 0.717) is 17.9 Å². The van der Waals surface area contributed by atoms with Gasteiger partial charge in [0.05, 0.1) is 19.2 Å². The number of benzene rings is 1. The van der Waals surface area contributed by atoms with Crippen molar-refractivity contribution < 1.29 is 49.3 Å². The number of aromatic carboxylic acids is 1. The molecule has 0 fully saturated rings. The Hall–Kier alpha value is -0.550. The van der Waals surface area contributed by atoms with E-state index in [-0.39, 0.29) is 41.7 Å². The largest absolute Gasteiger partial charge is 1.00 e. The first-order valence-corrected chi connectivity index (χ1v) is 8.77. The Bertz CT molecular complexity index is 463. The van der Waals surface area contributed by atoms with Crippen LogP contribution in [0.15, 0.2) is 18.2 Å². The smallest absolute Gasteiger partial charge is 0.545 e. The van der Waals surface area contributed by atoms with Crippen molar-refractivity contribution in [1.82, 2.24) is 0 Å². The molecule has 0 saturated heterocycles. The van der Waals surface area contributed by atoms with Crippen LogP contribution in [0.5, 0.6) is 5.75 Å². The topological polar surface area (TPSA) is 69.6 Å². The summed E-state index contributed by atoms with van der Waals surface area (Å²) >= 11 is 0. The van der Waals surface area contributed by atoms with Gasteiger partial charge < -0.3 is 19.7 Å². The molecule has 1 aromatic carbocycles. The summed E-state index contributed by atoms with van der Waals surface area (Å²) in [5.41, 5.74) is 0.676. The molecule has 5 heteroatoms. The molecule has 0 heterocycles. The molecule has 1 rings (SSSR count). The molecule has 0 saturated carbocycles. The summed E-state index contributed by atoms with van der Waals surface area (Å²) in [6, 6.07) is 4.41. The number of aliphatic hydroxyl groups is 1. The van der Waals surface area contributed by atoms with Crippen LogP contribution in [0.4, 0.5) is 0 Å². The molecule has 130 valence electrons. The monoisotopic (exact) mass is 344 g/mol. The maximum absolute atomic E-state index is 10.9. The Balaban J connectivity index is 0.00000529. The Morgan fingerprint density at radius 3 is 2.17 bits per heavy atom. The zero-order valence-corrected chi connectivity index (χ0v) is 17.2. The van der Waals surface area contributed by atoms with Gasteiger partial charge in [-0.2, -0.15) is 0 Å².